The highest BCUT2D eigenvalue weighted by Gasteiger charge is 2.41. The van der Waals surface area contributed by atoms with Gasteiger partial charge in [-0.2, -0.15) is 0 Å². The second-order valence-electron chi connectivity index (χ2n) is 9.63. The predicted molar refractivity (Wildman–Crippen MR) is 138 cm³/mol. The van der Waals surface area contributed by atoms with E-state index in [2.05, 4.69) is 50.1 Å². The number of terminal acetylenes is 1. The van der Waals surface area contributed by atoms with Crippen LogP contribution in [0.2, 0.25) is 23.3 Å². The van der Waals surface area contributed by atoms with E-state index in [0.717, 1.165) is 16.9 Å². The van der Waals surface area contributed by atoms with E-state index in [0.29, 0.717) is 18.0 Å². The molecule has 34 heavy (non-hydrogen) atoms. The van der Waals surface area contributed by atoms with Gasteiger partial charge >= 0.3 is 6.09 Å². The number of hydrogen-bond acceptors (Lipinski definition) is 5. The minimum Gasteiger partial charge on any atom is -0.497 e. The second-order valence-corrected chi connectivity index (χ2v) is 14.8. The summed E-state index contributed by atoms with van der Waals surface area (Å²) in [4.78, 5) is 17.0. The molecule has 1 aromatic heterocycles. The Morgan fingerprint density at radius 1 is 1.21 bits per heavy atom. The van der Waals surface area contributed by atoms with Gasteiger partial charge in [0.15, 0.2) is 8.32 Å². The van der Waals surface area contributed by atoms with E-state index in [1.54, 1.807) is 19.4 Å². The number of methoxy groups -OCH3 is 1. The monoisotopic (exact) mass is 502 g/mol. The molecule has 1 aromatic carbocycles. The van der Waals surface area contributed by atoms with Gasteiger partial charge in [-0.25, -0.2) is 9.78 Å². The fraction of sp³-hybridized carbons (Fsp3) is 0.462. The molecule has 1 heterocycles. The molecule has 184 valence electrons. The first-order chi connectivity index (χ1) is 16.0. The molecule has 0 saturated heterocycles. The van der Waals surface area contributed by atoms with E-state index in [9.17, 15) is 4.79 Å². The first kappa shape index (κ1) is 27.7. The Hall–Kier alpha value is -2.53. The Morgan fingerprint density at radius 3 is 2.41 bits per heavy atom. The van der Waals surface area contributed by atoms with Crippen LogP contribution in [0, 0.1) is 12.3 Å². The number of hydrogen-bond donors (Lipinski definition) is 1. The van der Waals surface area contributed by atoms with Gasteiger partial charge in [0.2, 0.25) is 0 Å². The molecular weight excluding hydrogens is 468 g/mol. The molecule has 0 fully saturated rings. The van der Waals surface area contributed by atoms with Crippen LogP contribution in [0.15, 0.2) is 42.6 Å². The molecule has 0 saturated carbocycles. The van der Waals surface area contributed by atoms with Crippen molar-refractivity contribution < 1.29 is 18.7 Å². The normalized spacial score (nSPS) is 13.5. The van der Waals surface area contributed by atoms with E-state index in [-0.39, 0.29) is 11.6 Å². The number of nitrogens with zero attached hydrogens (tertiary/aromatic N) is 1. The van der Waals surface area contributed by atoms with Crippen molar-refractivity contribution >= 4 is 26.0 Å². The van der Waals surface area contributed by atoms with Crippen molar-refractivity contribution in [3.63, 3.8) is 0 Å². The van der Waals surface area contributed by atoms with Crippen LogP contribution in [-0.2, 0) is 15.8 Å². The lowest BCUT2D eigenvalue weighted by Gasteiger charge is -2.41. The van der Waals surface area contributed by atoms with Gasteiger partial charge in [0, 0.05) is 18.2 Å². The molecule has 0 aliphatic heterocycles. The van der Waals surface area contributed by atoms with Gasteiger partial charge in [-0.3, -0.25) is 0 Å². The maximum atomic E-state index is 12.8. The summed E-state index contributed by atoms with van der Waals surface area (Å²) in [6.45, 7) is 11.0. The average Bonchev–Trinajstić information content (AvgIpc) is 2.79. The fourth-order valence-corrected chi connectivity index (χ4v) is 4.43. The quantitative estimate of drug-likeness (QED) is 0.227. The smallest absolute Gasteiger partial charge is 0.407 e. The predicted octanol–water partition coefficient (Wildman–Crippen LogP) is 6.51. The van der Waals surface area contributed by atoms with Crippen molar-refractivity contribution in [2.75, 3.05) is 7.11 Å². The molecule has 2 aromatic rings. The lowest BCUT2D eigenvalue weighted by molar-refractivity contribution is 0.104. The summed E-state index contributed by atoms with van der Waals surface area (Å²) in [5.74, 6) is 3.40. The molecule has 6 nitrogen and oxygen atoms in total. The minimum atomic E-state index is -2.21. The number of ether oxygens (including phenoxy) is 2. The van der Waals surface area contributed by atoms with Crippen LogP contribution in [0.5, 0.6) is 5.75 Å². The maximum Gasteiger partial charge on any atom is 0.407 e. The lowest BCUT2D eigenvalue weighted by atomic mass is 10.00. The number of amides is 1. The number of carbonyl (C=O) groups excluding carboxylic acids is 1. The van der Waals surface area contributed by atoms with Crippen LogP contribution in [0.3, 0.4) is 0 Å². The number of pyridine rings is 1. The van der Waals surface area contributed by atoms with Crippen molar-refractivity contribution in [1.82, 2.24) is 10.3 Å². The second kappa shape index (κ2) is 12.3. The summed E-state index contributed by atoms with van der Waals surface area (Å²) in [7, 11) is -0.609. The largest absolute Gasteiger partial charge is 0.497 e. The Morgan fingerprint density at radius 2 is 1.88 bits per heavy atom. The number of halogens is 1. The molecule has 2 rings (SSSR count). The Kier molecular flexibility index (Phi) is 9.99. The molecule has 0 bridgehead atoms. The van der Waals surface area contributed by atoms with Crippen LogP contribution >= 0.6 is 11.6 Å². The zero-order valence-electron chi connectivity index (χ0n) is 20.9. The van der Waals surface area contributed by atoms with Gasteiger partial charge in [-0.1, -0.05) is 50.6 Å². The van der Waals surface area contributed by atoms with Crippen molar-refractivity contribution in [3.8, 4) is 18.1 Å². The number of aromatic nitrogens is 1. The molecule has 0 aliphatic carbocycles. The van der Waals surface area contributed by atoms with E-state index in [1.807, 2.05) is 30.3 Å². The molecule has 0 aliphatic rings. The van der Waals surface area contributed by atoms with E-state index >= 15 is 0 Å². The Labute approximate surface area is 209 Å². The molecule has 0 unspecified atom stereocenters. The van der Waals surface area contributed by atoms with Crippen molar-refractivity contribution in [1.29, 1.82) is 0 Å². The highest BCUT2D eigenvalue weighted by atomic mass is 35.5. The molecule has 2 atom stereocenters. The molecule has 0 radical (unpaired) electrons. The average molecular weight is 503 g/mol. The van der Waals surface area contributed by atoms with E-state index < -0.39 is 26.6 Å². The van der Waals surface area contributed by atoms with Gasteiger partial charge in [-0.05, 0) is 48.3 Å². The maximum absolute atomic E-state index is 12.8. The highest BCUT2D eigenvalue weighted by molar-refractivity contribution is 6.74. The first-order valence-electron chi connectivity index (χ1n) is 11.3. The highest BCUT2D eigenvalue weighted by Crippen LogP contribution is 2.41. The van der Waals surface area contributed by atoms with Crippen LogP contribution in [0.25, 0.3) is 0 Å². The third-order valence-corrected chi connectivity index (χ3v) is 10.8. The van der Waals surface area contributed by atoms with E-state index in [4.69, 9.17) is 31.9 Å². The molecule has 1 amide bonds. The SMILES string of the molecule is C#CCC[C@@H](NC(=O)OCc1ccc(OC)cc1)[C@H](O[Si](C)(C)C(C)(C)C)c1ccc(Cl)nc1. The standard InChI is InChI=1S/C26H35ClN2O4Si/c1-8-9-10-22(29-25(30)32-18-19-11-14-21(31-5)15-12-19)24(20-13-16-23(27)28-17-20)33-34(6,7)26(2,3)4/h1,11-17,22,24H,9-10,18H2,2-7H3,(H,29,30)/t22-,24-/m1/s1. The van der Waals surface area contributed by atoms with Gasteiger partial charge in [0.1, 0.15) is 17.5 Å². The van der Waals surface area contributed by atoms with Crippen LogP contribution in [0.1, 0.15) is 50.8 Å². The number of carbonyl (C=O) groups is 1. The Bertz CT molecular complexity index is 966. The van der Waals surface area contributed by atoms with Crippen molar-refractivity contribution in [2.45, 2.75) is 70.5 Å². The Balaban J connectivity index is 2.24. The summed E-state index contributed by atoms with van der Waals surface area (Å²) in [5, 5.41) is 3.35. The number of benzene rings is 1. The summed E-state index contributed by atoms with van der Waals surface area (Å²) in [6.07, 6.45) is 7.25. The molecule has 1 N–H and O–H groups in total. The van der Waals surface area contributed by atoms with Gasteiger partial charge < -0.3 is 19.2 Å². The van der Waals surface area contributed by atoms with Crippen molar-refractivity contribution in [2.24, 2.45) is 0 Å². The molecule has 8 heteroatoms. The molecular formula is C26H35ClN2O4Si. The molecule has 0 spiro atoms. The fourth-order valence-electron chi connectivity index (χ4n) is 3.03. The van der Waals surface area contributed by atoms with Crippen LogP contribution in [-0.4, -0.2) is 32.5 Å². The first-order valence-corrected chi connectivity index (χ1v) is 14.5. The number of alkyl carbamates (subject to hydrolysis) is 1. The van der Waals surface area contributed by atoms with E-state index in [1.165, 1.54) is 0 Å². The zero-order valence-corrected chi connectivity index (χ0v) is 22.6. The minimum absolute atomic E-state index is 0.0311. The summed E-state index contributed by atoms with van der Waals surface area (Å²) in [6, 6.07) is 10.5. The van der Waals surface area contributed by atoms with Crippen molar-refractivity contribution in [3.05, 3.63) is 58.9 Å². The number of rotatable bonds is 10. The summed E-state index contributed by atoms with van der Waals surface area (Å²) in [5.41, 5.74) is 1.68. The van der Waals surface area contributed by atoms with Crippen LogP contribution < -0.4 is 10.1 Å². The van der Waals surface area contributed by atoms with Gasteiger partial charge in [0.05, 0.1) is 19.3 Å². The van der Waals surface area contributed by atoms with Gasteiger partial charge in [-0.15, -0.1) is 12.3 Å². The summed E-state index contributed by atoms with van der Waals surface area (Å²) >= 11 is 6.02. The zero-order chi connectivity index (χ0) is 25.4. The van der Waals surface area contributed by atoms with Gasteiger partial charge in [0.25, 0.3) is 0 Å². The number of nitrogens with one attached hydrogen (secondary N) is 1. The third-order valence-electron chi connectivity index (χ3n) is 6.10. The van der Waals surface area contributed by atoms with Crippen LogP contribution in [0.4, 0.5) is 4.79 Å². The summed E-state index contributed by atoms with van der Waals surface area (Å²) < 4.78 is 17.4. The third kappa shape index (κ3) is 8.05. The topological polar surface area (TPSA) is 69.7 Å². The lowest BCUT2D eigenvalue weighted by Crippen LogP contribution is -2.48.